The van der Waals surface area contributed by atoms with Crippen LogP contribution in [-0.2, 0) is 17.6 Å². The van der Waals surface area contributed by atoms with Crippen LogP contribution >= 0.6 is 0 Å². The minimum atomic E-state index is -0.989. The van der Waals surface area contributed by atoms with Crippen molar-refractivity contribution in [2.45, 2.75) is 44.6 Å². The summed E-state index contributed by atoms with van der Waals surface area (Å²) in [5.74, 6) is 0.323. The van der Waals surface area contributed by atoms with Crippen LogP contribution in [0.2, 0.25) is 0 Å². The second kappa shape index (κ2) is 10.6. The van der Waals surface area contributed by atoms with Crippen LogP contribution in [0.25, 0.3) is 0 Å². The van der Waals surface area contributed by atoms with E-state index < -0.39 is 12.0 Å². The number of carbonyl (C=O) groups is 2. The lowest BCUT2D eigenvalue weighted by Crippen LogP contribution is -2.43. The van der Waals surface area contributed by atoms with Gasteiger partial charge in [-0.3, -0.25) is 4.79 Å². The second-order valence-electron chi connectivity index (χ2n) is 8.85. The van der Waals surface area contributed by atoms with Crippen LogP contribution in [0, 0.1) is 5.92 Å². The number of hydrogen-bond donors (Lipinski definition) is 3. The number of anilines is 1. The molecule has 1 fully saturated rings. The Balaban J connectivity index is 1.22. The number of nitrogens with one attached hydrogen (secondary N) is 2. The smallest absolute Gasteiger partial charge is 0.326 e. The molecule has 3 heterocycles. The zero-order valence-corrected chi connectivity index (χ0v) is 18.4. The third kappa shape index (κ3) is 5.85. The van der Waals surface area contributed by atoms with Crippen LogP contribution < -0.4 is 10.6 Å². The molecule has 2 atom stereocenters. The van der Waals surface area contributed by atoms with Gasteiger partial charge in [-0.15, -0.1) is 0 Å². The molecule has 7 nitrogen and oxygen atoms in total. The molecule has 2 aliphatic rings. The van der Waals surface area contributed by atoms with Crippen LogP contribution in [0.4, 0.5) is 5.82 Å². The van der Waals surface area contributed by atoms with E-state index in [1.165, 1.54) is 12.0 Å². The van der Waals surface area contributed by atoms with E-state index in [-0.39, 0.29) is 5.91 Å². The first-order chi connectivity index (χ1) is 15.6. The van der Waals surface area contributed by atoms with Crippen LogP contribution in [0.5, 0.6) is 0 Å². The van der Waals surface area contributed by atoms with E-state index in [0.29, 0.717) is 24.4 Å². The van der Waals surface area contributed by atoms with Gasteiger partial charge in [-0.1, -0.05) is 24.3 Å². The second-order valence-corrected chi connectivity index (χ2v) is 8.85. The molecule has 1 amide bonds. The monoisotopic (exact) mass is 436 g/mol. The standard InChI is InChI=1S/C25H32N4O3/c30-24(20-5-2-1-3-6-20)28-22(25(31)32)13-16-29-15-12-18(17-29)8-10-21-11-9-19-7-4-14-26-23(19)27-21/h1-3,5-6,9,11,18,22H,4,7-8,10,12-17H2,(H,26,27)(H,28,30)(H,31,32)/t18-,22-/m0/s1. The molecule has 0 saturated carbocycles. The van der Waals surface area contributed by atoms with Gasteiger partial charge in [0.05, 0.1) is 0 Å². The Morgan fingerprint density at radius 1 is 1.22 bits per heavy atom. The van der Waals surface area contributed by atoms with Crippen molar-refractivity contribution >= 4 is 17.7 Å². The maximum absolute atomic E-state index is 12.3. The van der Waals surface area contributed by atoms with Crippen molar-refractivity contribution in [1.29, 1.82) is 0 Å². The topological polar surface area (TPSA) is 94.6 Å². The van der Waals surface area contributed by atoms with Gasteiger partial charge < -0.3 is 20.6 Å². The molecule has 0 aliphatic carbocycles. The number of aryl methyl sites for hydroxylation is 2. The van der Waals surface area contributed by atoms with Gasteiger partial charge in [-0.2, -0.15) is 0 Å². The lowest BCUT2D eigenvalue weighted by Gasteiger charge is -2.20. The maximum Gasteiger partial charge on any atom is 0.326 e. The molecule has 0 radical (unpaired) electrons. The molecule has 170 valence electrons. The zero-order chi connectivity index (χ0) is 22.3. The molecular weight excluding hydrogens is 404 g/mol. The van der Waals surface area contributed by atoms with E-state index >= 15 is 0 Å². The van der Waals surface area contributed by atoms with Crippen molar-refractivity contribution < 1.29 is 14.7 Å². The van der Waals surface area contributed by atoms with Gasteiger partial charge in [0.15, 0.2) is 0 Å². The summed E-state index contributed by atoms with van der Waals surface area (Å²) < 4.78 is 0. The molecule has 32 heavy (non-hydrogen) atoms. The Bertz CT molecular complexity index is 934. The SMILES string of the molecule is O=C(N[C@@H](CCN1CC[C@H](CCc2ccc3c(n2)NCCC3)C1)C(=O)O)c1ccccc1. The normalized spacial score (nSPS) is 19.1. The van der Waals surface area contributed by atoms with E-state index in [2.05, 4.69) is 27.7 Å². The number of hydrogen-bond acceptors (Lipinski definition) is 5. The highest BCUT2D eigenvalue weighted by molar-refractivity contribution is 5.96. The molecule has 0 unspecified atom stereocenters. The first-order valence-corrected chi connectivity index (χ1v) is 11.6. The van der Waals surface area contributed by atoms with Crippen LogP contribution in [0.3, 0.4) is 0 Å². The summed E-state index contributed by atoms with van der Waals surface area (Å²) in [6.45, 7) is 3.62. The van der Waals surface area contributed by atoms with Crippen molar-refractivity contribution in [3.63, 3.8) is 0 Å². The summed E-state index contributed by atoms with van der Waals surface area (Å²) >= 11 is 0. The minimum Gasteiger partial charge on any atom is -0.480 e. The average Bonchev–Trinajstić information content (AvgIpc) is 3.28. The minimum absolute atomic E-state index is 0.343. The van der Waals surface area contributed by atoms with Gasteiger partial charge in [0.25, 0.3) is 5.91 Å². The molecular formula is C25H32N4O3. The van der Waals surface area contributed by atoms with Crippen LogP contribution in [-0.4, -0.2) is 59.1 Å². The van der Waals surface area contributed by atoms with E-state index in [1.807, 2.05) is 6.07 Å². The maximum atomic E-state index is 12.3. The summed E-state index contributed by atoms with van der Waals surface area (Å²) in [5.41, 5.74) is 2.94. The number of carboxylic acid groups (broad SMARTS) is 1. The number of nitrogens with zero attached hydrogens (tertiary/aromatic N) is 2. The summed E-state index contributed by atoms with van der Waals surface area (Å²) in [4.78, 5) is 31.1. The number of likely N-dealkylation sites (tertiary alicyclic amines) is 1. The average molecular weight is 437 g/mol. The summed E-state index contributed by atoms with van der Waals surface area (Å²) in [7, 11) is 0. The Morgan fingerprint density at radius 2 is 2.06 bits per heavy atom. The van der Waals surface area contributed by atoms with Crippen molar-refractivity contribution in [3.8, 4) is 0 Å². The lowest BCUT2D eigenvalue weighted by molar-refractivity contribution is -0.139. The van der Waals surface area contributed by atoms with Gasteiger partial charge in [0.2, 0.25) is 0 Å². The number of aliphatic carboxylic acids is 1. The molecule has 3 N–H and O–H groups in total. The molecule has 7 heteroatoms. The molecule has 4 rings (SSSR count). The highest BCUT2D eigenvalue weighted by Crippen LogP contribution is 2.24. The van der Waals surface area contributed by atoms with Crippen molar-refractivity contribution in [1.82, 2.24) is 15.2 Å². The quantitative estimate of drug-likeness (QED) is 0.560. The summed E-state index contributed by atoms with van der Waals surface area (Å²) in [6.07, 6.45) is 5.87. The largest absolute Gasteiger partial charge is 0.480 e. The third-order valence-corrected chi connectivity index (χ3v) is 6.50. The van der Waals surface area contributed by atoms with E-state index in [9.17, 15) is 14.7 Å². The first kappa shape index (κ1) is 22.3. The van der Waals surface area contributed by atoms with Crippen molar-refractivity contribution in [3.05, 3.63) is 59.3 Å². The van der Waals surface area contributed by atoms with E-state index in [1.54, 1.807) is 24.3 Å². The number of carboxylic acids is 1. The van der Waals surface area contributed by atoms with Crippen LogP contribution in [0.15, 0.2) is 42.5 Å². The molecule has 2 aliphatic heterocycles. The third-order valence-electron chi connectivity index (χ3n) is 6.50. The summed E-state index contributed by atoms with van der Waals surface area (Å²) in [6, 6.07) is 12.2. The number of aromatic nitrogens is 1. The highest BCUT2D eigenvalue weighted by Gasteiger charge is 2.26. The Hall–Kier alpha value is -2.93. The van der Waals surface area contributed by atoms with Gasteiger partial charge in [0.1, 0.15) is 11.9 Å². The first-order valence-electron chi connectivity index (χ1n) is 11.6. The lowest BCUT2D eigenvalue weighted by atomic mass is 10.00. The molecule has 1 aromatic carbocycles. The van der Waals surface area contributed by atoms with Crippen molar-refractivity contribution in [2.24, 2.45) is 5.92 Å². The number of rotatable bonds is 9. The van der Waals surface area contributed by atoms with Gasteiger partial charge in [-0.25, -0.2) is 9.78 Å². The Labute approximate surface area is 189 Å². The van der Waals surface area contributed by atoms with Crippen LogP contribution in [0.1, 0.15) is 47.3 Å². The molecule has 0 spiro atoms. The molecule has 0 bridgehead atoms. The number of fused-ring (bicyclic) bond motifs is 1. The summed E-state index contributed by atoms with van der Waals surface area (Å²) in [5, 5.41) is 15.6. The predicted octanol–water partition coefficient (Wildman–Crippen LogP) is 2.97. The predicted molar refractivity (Wildman–Crippen MR) is 124 cm³/mol. The Morgan fingerprint density at radius 3 is 2.88 bits per heavy atom. The highest BCUT2D eigenvalue weighted by atomic mass is 16.4. The van der Waals surface area contributed by atoms with Gasteiger partial charge in [0, 0.05) is 30.9 Å². The van der Waals surface area contributed by atoms with E-state index in [0.717, 1.165) is 56.8 Å². The fourth-order valence-electron chi connectivity index (χ4n) is 4.61. The number of carbonyl (C=O) groups excluding carboxylic acids is 1. The van der Waals surface area contributed by atoms with E-state index in [4.69, 9.17) is 4.98 Å². The number of benzene rings is 1. The molecule has 1 saturated heterocycles. The van der Waals surface area contributed by atoms with Gasteiger partial charge in [-0.05, 0) is 74.8 Å². The molecule has 1 aromatic heterocycles. The fraction of sp³-hybridized carbons (Fsp3) is 0.480. The Kier molecular flexibility index (Phi) is 7.37. The fourth-order valence-corrected chi connectivity index (χ4v) is 4.61. The molecule has 2 aromatic rings. The zero-order valence-electron chi connectivity index (χ0n) is 18.4. The van der Waals surface area contributed by atoms with Gasteiger partial charge >= 0.3 is 5.97 Å². The number of pyridine rings is 1. The number of amides is 1. The van der Waals surface area contributed by atoms with Crippen molar-refractivity contribution in [2.75, 3.05) is 31.5 Å².